The lowest BCUT2D eigenvalue weighted by molar-refractivity contribution is -0.125. The van der Waals surface area contributed by atoms with E-state index in [4.69, 9.17) is 4.74 Å². The quantitative estimate of drug-likeness (QED) is 0.870. The highest BCUT2D eigenvalue weighted by molar-refractivity contribution is 7.90. The van der Waals surface area contributed by atoms with Crippen molar-refractivity contribution in [3.8, 4) is 5.75 Å². The van der Waals surface area contributed by atoms with Crippen molar-refractivity contribution < 1.29 is 17.9 Å². The molecular formula is C16H22N2O4S. The number of rotatable bonds is 4. The topological polar surface area (TPSA) is 84.5 Å². The Morgan fingerprint density at radius 1 is 1.39 bits per heavy atom. The maximum Gasteiger partial charge on any atom is 0.234 e. The number of hydrogen-bond donors (Lipinski definition) is 2. The second kappa shape index (κ2) is 6.72. The van der Waals surface area contributed by atoms with Gasteiger partial charge in [0.15, 0.2) is 9.84 Å². The fraction of sp³-hybridized carbons (Fsp3) is 0.438. The molecule has 1 aliphatic heterocycles. The third kappa shape index (κ3) is 4.11. The zero-order chi connectivity index (χ0) is 17.2. The van der Waals surface area contributed by atoms with Gasteiger partial charge in [-0.3, -0.25) is 10.2 Å². The van der Waals surface area contributed by atoms with Crippen molar-refractivity contribution in [2.24, 2.45) is 5.92 Å². The summed E-state index contributed by atoms with van der Waals surface area (Å²) >= 11 is 0. The van der Waals surface area contributed by atoms with Gasteiger partial charge < -0.3 is 4.74 Å². The van der Waals surface area contributed by atoms with Crippen LogP contribution in [0.15, 0.2) is 28.7 Å². The number of amides is 1. The molecule has 0 bridgehead atoms. The van der Waals surface area contributed by atoms with Crippen LogP contribution in [-0.2, 0) is 14.6 Å². The lowest BCUT2D eigenvalue weighted by Crippen LogP contribution is -2.53. The minimum atomic E-state index is -3.37. The van der Waals surface area contributed by atoms with Gasteiger partial charge in [0, 0.05) is 12.7 Å². The van der Waals surface area contributed by atoms with E-state index in [1.54, 1.807) is 12.1 Å². The molecule has 2 atom stereocenters. The molecule has 1 heterocycles. The van der Waals surface area contributed by atoms with Crippen molar-refractivity contribution in [1.29, 1.82) is 0 Å². The highest BCUT2D eigenvalue weighted by atomic mass is 32.2. The van der Waals surface area contributed by atoms with E-state index >= 15 is 0 Å². The van der Waals surface area contributed by atoms with Gasteiger partial charge in [0.05, 0.1) is 13.2 Å². The molecule has 2 N–H and O–H groups in total. The Bertz CT molecular complexity index is 740. The van der Waals surface area contributed by atoms with Crippen LogP contribution in [0, 0.1) is 5.92 Å². The predicted octanol–water partition coefficient (Wildman–Crippen LogP) is 1.53. The number of methoxy groups -OCH3 is 1. The molecule has 0 radical (unpaired) electrons. The Labute approximate surface area is 136 Å². The van der Waals surface area contributed by atoms with Gasteiger partial charge in [0.1, 0.15) is 10.6 Å². The third-order valence-electron chi connectivity index (χ3n) is 3.92. The maximum absolute atomic E-state index is 11.9. The van der Waals surface area contributed by atoms with Crippen molar-refractivity contribution in [3.63, 3.8) is 0 Å². The summed E-state index contributed by atoms with van der Waals surface area (Å²) in [5, 5.41) is 0. The van der Waals surface area contributed by atoms with Crippen LogP contribution >= 0.6 is 0 Å². The zero-order valence-corrected chi connectivity index (χ0v) is 14.5. The summed E-state index contributed by atoms with van der Waals surface area (Å²) in [5.74, 6) is 0.469. The van der Waals surface area contributed by atoms with E-state index in [1.807, 2.05) is 26.0 Å². The first-order chi connectivity index (χ1) is 10.7. The Kier molecular flexibility index (Phi) is 5.11. The van der Waals surface area contributed by atoms with E-state index < -0.39 is 9.84 Å². The van der Waals surface area contributed by atoms with Crippen LogP contribution in [0.3, 0.4) is 0 Å². The molecule has 6 nitrogen and oxygen atoms in total. The van der Waals surface area contributed by atoms with Gasteiger partial charge in [0.25, 0.3) is 0 Å². The molecule has 1 aliphatic rings. The summed E-state index contributed by atoms with van der Waals surface area (Å²) in [5.41, 5.74) is 7.42. The van der Waals surface area contributed by atoms with E-state index in [1.165, 1.54) is 7.11 Å². The van der Waals surface area contributed by atoms with Crippen LogP contribution < -0.4 is 15.6 Å². The number of carbonyl (C=O) groups excluding carboxylic acids is 1. The summed E-state index contributed by atoms with van der Waals surface area (Å²) in [7, 11) is -1.93. The van der Waals surface area contributed by atoms with Gasteiger partial charge in [-0.1, -0.05) is 24.6 Å². The van der Waals surface area contributed by atoms with Crippen LogP contribution in [0.4, 0.5) is 0 Å². The first-order valence-corrected chi connectivity index (χ1v) is 9.22. The van der Waals surface area contributed by atoms with Crippen molar-refractivity contribution in [3.05, 3.63) is 29.3 Å². The molecule has 1 aromatic carbocycles. The number of hydrazine groups is 1. The SMILES string of the molecule is COc1ccc(/C=C(\C)C2NNC(=O)CC2C)cc1S(C)(=O)=O. The molecule has 1 saturated heterocycles. The van der Waals surface area contributed by atoms with Crippen LogP contribution in [0.5, 0.6) is 5.75 Å². The summed E-state index contributed by atoms with van der Waals surface area (Å²) < 4.78 is 28.9. The van der Waals surface area contributed by atoms with Gasteiger partial charge in [-0.25, -0.2) is 13.8 Å². The minimum absolute atomic E-state index is 0.0106. The normalized spacial score (nSPS) is 22.6. The average molecular weight is 338 g/mol. The summed E-state index contributed by atoms with van der Waals surface area (Å²) in [4.78, 5) is 11.5. The van der Waals surface area contributed by atoms with E-state index in [0.29, 0.717) is 12.2 Å². The molecule has 1 aromatic rings. The number of hydrogen-bond acceptors (Lipinski definition) is 5. The summed E-state index contributed by atoms with van der Waals surface area (Å²) in [6.07, 6.45) is 3.53. The number of ether oxygens (including phenoxy) is 1. The van der Waals surface area contributed by atoms with E-state index in [0.717, 1.165) is 17.4 Å². The number of sulfone groups is 1. The predicted molar refractivity (Wildman–Crippen MR) is 88.6 cm³/mol. The molecule has 0 aromatic heterocycles. The smallest absolute Gasteiger partial charge is 0.234 e. The highest BCUT2D eigenvalue weighted by Crippen LogP contribution is 2.27. The van der Waals surface area contributed by atoms with E-state index in [-0.39, 0.29) is 22.8 Å². The second-order valence-corrected chi connectivity index (χ2v) is 7.91. The number of carbonyl (C=O) groups is 1. The molecule has 23 heavy (non-hydrogen) atoms. The van der Waals surface area contributed by atoms with Gasteiger partial charge in [-0.2, -0.15) is 0 Å². The van der Waals surface area contributed by atoms with Crippen molar-refractivity contribution in [2.45, 2.75) is 31.2 Å². The Balaban J connectivity index is 2.33. The molecule has 0 aliphatic carbocycles. The van der Waals surface area contributed by atoms with Gasteiger partial charge in [-0.05, 0) is 30.5 Å². The Morgan fingerprint density at radius 3 is 2.65 bits per heavy atom. The largest absolute Gasteiger partial charge is 0.495 e. The van der Waals surface area contributed by atoms with E-state index in [9.17, 15) is 13.2 Å². The molecule has 126 valence electrons. The molecule has 1 amide bonds. The highest BCUT2D eigenvalue weighted by Gasteiger charge is 2.26. The van der Waals surface area contributed by atoms with Crippen LogP contribution in [-0.4, -0.2) is 33.7 Å². The summed E-state index contributed by atoms with van der Waals surface area (Å²) in [6, 6.07) is 5.07. The lowest BCUT2D eigenvalue weighted by Gasteiger charge is -2.30. The molecule has 7 heteroatoms. The van der Waals surface area contributed by atoms with Gasteiger partial charge >= 0.3 is 0 Å². The standard InChI is InChI=1S/C16H22N2O4S/c1-10(16-11(2)8-15(19)17-18-16)7-12-5-6-13(22-3)14(9-12)23(4,20)21/h5-7,9,11,16,18H,8H2,1-4H3,(H,17,19)/b10-7+. The zero-order valence-electron chi connectivity index (χ0n) is 13.7. The van der Waals surface area contributed by atoms with Crippen LogP contribution in [0.1, 0.15) is 25.8 Å². The van der Waals surface area contributed by atoms with Crippen molar-refractivity contribution in [2.75, 3.05) is 13.4 Å². The molecule has 0 saturated carbocycles. The van der Waals surface area contributed by atoms with Crippen LogP contribution in [0.2, 0.25) is 0 Å². The third-order valence-corrected chi connectivity index (χ3v) is 5.03. The molecule has 1 fully saturated rings. The summed E-state index contributed by atoms with van der Waals surface area (Å²) in [6.45, 7) is 3.96. The lowest BCUT2D eigenvalue weighted by atomic mass is 9.90. The molecule has 2 rings (SSSR count). The first-order valence-electron chi connectivity index (χ1n) is 7.33. The minimum Gasteiger partial charge on any atom is -0.495 e. The Morgan fingerprint density at radius 2 is 2.09 bits per heavy atom. The number of nitrogens with one attached hydrogen (secondary N) is 2. The second-order valence-electron chi connectivity index (χ2n) is 5.92. The number of benzene rings is 1. The van der Waals surface area contributed by atoms with Crippen LogP contribution in [0.25, 0.3) is 6.08 Å². The molecule has 2 unspecified atom stereocenters. The van der Waals surface area contributed by atoms with Gasteiger partial charge in [0.2, 0.25) is 5.91 Å². The van der Waals surface area contributed by atoms with Gasteiger partial charge in [-0.15, -0.1) is 0 Å². The van der Waals surface area contributed by atoms with Crippen molar-refractivity contribution in [1.82, 2.24) is 10.9 Å². The average Bonchev–Trinajstić information content (AvgIpc) is 2.46. The molecule has 0 spiro atoms. The fourth-order valence-electron chi connectivity index (χ4n) is 2.75. The maximum atomic E-state index is 11.9. The molecular weight excluding hydrogens is 316 g/mol. The first kappa shape index (κ1) is 17.5. The van der Waals surface area contributed by atoms with E-state index in [2.05, 4.69) is 10.9 Å². The fourth-order valence-corrected chi connectivity index (χ4v) is 3.62. The monoisotopic (exact) mass is 338 g/mol. The van der Waals surface area contributed by atoms with Crippen molar-refractivity contribution >= 4 is 21.8 Å². The Hall–Kier alpha value is -1.86.